The van der Waals surface area contributed by atoms with Crippen LogP contribution in [-0.4, -0.2) is 23.8 Å². The first kappa shape index (κ1) is 16.2. The number of nitrogens with zero attached hydrogens (tertiary/aromatic N) is 2. The van der Waals surface area contributed by atoms with Crippen LogP contribution in [0.25, 0.3) is 0 Å². The van der Waals surface area contributed by atoms with Crippen LogP contribution in [0, 0.1) is 0 Å². The number of thiazole rings is 1. The van der Waals surface area contributed by atoms with Gasteiger partial charge in [-0.1, -0.05) is 31.2 Å². The van der Waals surface area contributed by atoms with E-state index >= 15 is 0 Å². The molecule has 0 saturated carbocycles. The number of nitrogens with one attached hydrogen (secondary N) is 1. The highest BCUT2D eigenvalue weighted by Crippen LogP contribution is 2.16. The largest absolute Gasteiger partial charge is 0.466 e. The van der Waals surface area contributed by atoms with Gasteiger partial charge in [-0.05, 0) is 24.5 Å². The summed E-state index contributed by atoms with van der Waals surface area (Å²) in [5.41, 5.74) is 5.91. The highest BCUT2D eigenvalue weighted by molar-refractivity contribution is 7.13. The summed E-state index contributed by atoms with van der Waals surface area (Å²) in [4.78, 5) is 15.7. The van der Waals surface area contributed by atoms with E-state index in [0.717, 1.165) is 12.0 Å². The van der Waals surface area contributed by atoms with Gasteiger partial charge in [0, 0.05) is 5.38 Å². The highest BCUT2D eigenvalue weighted by Gasteiger charge is 2.07. The molecule has 6 heteroatoms. The van der Waals surface area contributed by atoms with Crippen molar-refractivity contribution in [1.82, 2.24) is 4.98 Å². The number of carbonyl (C=O) groups is 1. The van der Waals surface area contributed by atoms with Crippen LogP contribution in [0.3, 0.4) is 0 Å². The average Bonchev–Trinajstić information content (AvgIpc) is 2.95. The van der Waals surface area contributed by atoms with Crippen LogP contribution in [0.2, 0.25) is 0 Å². The summed E-state index contributed by atoms with van der Waals surface area (Å²) in [5, 5.41) is 6.69. The molecule has 116 valence electrons. The van der Waals surface area contributed by atoms with E-state index in [1.165, 1.54) is 16.9 Å². The zero-order valence-corrected chi connectivity index (χ0v) is 13.5. The molecule has 22 heavy (non-hydrogen) atoms. The monoisotopic (exact) mass is 317 g/mol. The Labute approximate surface area is 134 Å². The molecule has 0 radical (unpaired) electrons. The molecule has 0 saturated heterocycles. The van der Waals surface area contributed by atoms with Crippen LogP contribution < -0.4 is 5.43 Å². The number of ether oxygens (including phenoxy) is 1. The van der Waals surface area contributed by atoms with Gasteiger partial charge in [0.2, 0.25) is 5.13 Å². The number of hydrogen-bond acceptors (Lipinski definition) is 6. The van der Waals surface area contributed by atoms with Gasteiger partial charge in [-0.2, -0.15) is 5.10 Å². The molecule has 0 bridgehead atoms. The number of hydrazone groups is 1. The number of rotatable bonds is 7. The van der Waals surface area contributed by atoms with Crippen molar-refractivity contribution in [1.29, 1.82) is 0 Å². The minimum absolute atomic E-state index is 0.189. The summed E-state index contributed by atoms with van der Waals surface area (Å²) in [5.74, 6) is -0.264. The molecule has 2 aromatic rings. The SMILES string of the molecule is CCOC(=O)Cc1csc(NN=Cc2ccccc2CC)n1. The fraction of sp³-hybridized carbons (Fsp3) is 0.312. The number of esters is 1. The zero-order valence-electron chi connectivity index (χ0n) is 12.7. The van der Waals surface area contributed by atoms with E-state index in [4.69, 9.17) is 4.74 Å². The van der Waals surface area contributed by atoms with E-state index in [1.54, 1.807) is 13.1 Å². The number of aromatic nitrogens is 1. The van der Waals surface area contributed by atoms with Crippen LogP contribution >= 0.6 is 11.3 Å². The molecule has 0 spiro atoms. The third-order valence-corrected chi connectivity index (χ3v) is 3.78. The Morgan fingerprint density at radius 2 is 2.23 bits per heavy atom. The standard InChI is InChI=1S/C16H19N3O2S/c1-3-12-7-5-6-8-13(12)10-17-19-16-18-14(11-22-16)9-15(20)21-4-2/h5-8,10-11H,3-4,9H2,1-2H3,(H,18,19). The molecule has 1 heterocycles. The van der Waals surface area contributed by atoms with Crippen molar-refractivity contribution >= 4 is 28.7 Å². The van der Waals surface area contributed by atoms with E-state index in [0.29, 0.717) is 17.4 Å². The molecular weight excluding hydrogens is 298 g/mol. The Morgan fingerprint density at radius 1 is 1.41 bits per heavy atom. The van der Waals surface area contributed by atoms with Crippen molar-refractivity contribution in [3.63, 3.8) is 0 Å². The first-order chi connectivity index (χ1) is 10.7. The lowest BCUT2D eigenvalue weighted by atomic mass is 10.1. The van der Waals surface area contributed by atoms with Crippen molar-refractivity contribution < 1.29 is 9.53 Å². The maximum atomic E-state index is 11.4. The molecule has 5 nitrogen and oxygen atoms in total. The fourth-order valence-corrected chi connectivity index (χ4v) is 2.60. The highest BCUT2D eigenvalue weighted by atomic mass is 32.1. The molecule has 1 N–H and O–H groups in total. The van der Waals surface area contributed by atoms with Crippen molar-refractivity contribution in [2.45, 2.75) is 26.7 Å². The molecule has 1 aromatic heterocycles. The van der Waals surface area contributed by atoms with Gasteiger partial charge in [0.25, 0.3) is 0 Å². The third kappa shape index (κ3) is 4.66. The maximum Gasteiger partial charge on any atom is 0.311 e. The van der Waals surface area contributed by atoms with Gasteiger partial charge < -0.3 is 4.74 Å². The predicted molar refractivity (Wildman–Crippen MR) is 89.5 cm³/mol. The predicted octanol–water partition coefficient (Wildman–Crippen LogP) is 3.26. The molecule has 1 aromatic carbocycles. The second-order valence-electron chi connectivity index (χ2n) is 4.55. The molecule has 0 fully saturated rings. The van der Waals surface area contributed by atoms with Gasteiger partial charge in [-0.3, -0.25) is 10.2 Å². The molecule has 0 aliphatic rings. The Morgan fingerprint density at radius 3 is 3.00 bits per heavy atom. The molecular formula is C16H19N3O2S. The van der Waals surface area contributed by atoms with E-state index in [1.807, 2.05) is 23.6 Å². The third-order valence-electron chi connectivity index (χ3n) is 2.98. The minimum atomic E-state index is -0.264. The Bertz CT molecular complexity index is 652. The van der Waals surface area contributed by atoms with Gasteiger partial charge in [0.15, 0.2) is 0 Å². The van der Waals surface area contributed by atoms with Crippen molar-refractivity contribution in [2.75, 3.05) is 12.0 Å². The smallest absolute Gasteiger partial charge is 0.311 e. The van der Waals surface area contributed by atoms with Gasteiger partial charge in [-0.15, -0.1) is 11.3 Å². The summed E-state index contributed by atoms with van der Waals surface area (Å²) in [6, 6.07) is 8.12. The first-order valence-electron chi connectivity index (χ1n) is 7.20. The Hall–Kier alpha value is -2.21. The molecule has 0 atom stereocenters. The number of benzene rings is 1. The van der Waals surface area contributed by atoms with Crippen LogP contribution in [0.5, 0.6) is 0 Å². The second kappa shape index (κ2) is 8.29. The van der Waals surface area contributed by atoms with E-state index in [-0.39, 0.29) is 12.4 Å². The van der Waals surface area contributed by atoms with Gasteiger partial charge in [0.05, 0.1) is 24.9 Å². The quantitative estimate of drug-likeness (QED) is 0.484. The lowest BCUT2D eigenvalue weighted by Gasteiger charge is -2.01. The summed E-state index contributed by atoms with van der Waals surface area (Å²) in [6.07, 6.45) is 2.93. The van der Waals surface area contributed by atoms with E-state index in [2.05, 4.69) is 28.5 Å². The van der Waals surface area contributed by atoms with Gasteiger partial charge in [0.1, 0.15) is 0 Å². The van der Waals surface area contributed by atoms with Crippen LogP contribution in [0.15, 0.2) is 34.7 Å². The maximum absolute atomic E-state index is 11.4. The van der Waals surface area contributed by atoms with E-state index < -0.39 is 0 Å². The Kier molecular flexibility index (Phi) is 6.09. The fourth-order valence-electron chi connectivity index (χ4n) is 1.94. The summed E-state index contributed by atoms with van der Waals surface area (Å²) in [7, 11) is 0. The zero-order chi connectivity index (χ0) is 15.8. The number of hydrogen-bond donors (Lipinski definition) is 1. The normalized spacial score (nSPS) is 10.8. The van der Waals surface area contributed by atoms with Crippen molar-refractivity contribution in [3.8, 4) is 0 Å². The number of anilines is 1. The average molecular weight is 317 g/mol. The summed E-state index contributed by atoms with van der Waals surface area (Å²) in [6.45, 7) is 4.28. The lowest BCUT2D eigenvalue weighted by molar-refractivity contribution is -0.142. The number of carbonyl (C=O) groups excluding carboxylic acids is 1. The van der Waals surface area contributed by atoms with Crippen LogP contribution in [0.1, 0.15) is 30.7 Å². The molecule has 0 amide bonds. The molecule has 0 aliphatic carbocycles. The molecule has 2 rings (SSSR count). The second-order valence-corrected chi connectivity index (χ2v) is 5.41. The van der Waals surface area contributed by atoms with Gasteiger partial charge in [-0.25, -0.2) is 4.98 Å². The number of aryl methyl sites for hydroxylation is 1. The van der Waals surface area contributed by atoms with Crippen molar-refractivity contribution in [2.24, 2.45) is 5.10 Å². The Balaban J connectivity index is 1.93. The minimum Gasteiger partial charge on any atom is -0.466 e. The summed E-state index contributed by atoms with van der Waals surface area (Å²) < 4.78 is 4.90. The molecule has 0 unspecified atom stereocenters. The van der Waals surface area contributed by atoms with Crippen LogP contribution in [0.4, 0.5) is 5.13 Å². The van der Waals surface area contributed by atoms with Crippen LogP contribution in [-0.2, 0) is 22.4 Å². The topological polar surface area (TPSA) is 63.6 Å². The summed E-state index contributed by atoms with van der Waals surface area (Å²) >= 11 is 1.41. The first-order valence-corrected chi connectivity index (χ1v) is 8.07. The van der Waals surface area contributed by atoms with Crippen molar-refractivity contribution in [3.05, 3.63) is 46.5 Å². The lowest BCUT2D eigenvalue weighted by Crippen LogP contribution is -2.07. The van der Waals surface area contributed by atoms with E-state index in [9.17, 15) is 4.79 Å². The molecule has 0 aliphatic heterocycles. The van der Waals surface area contributed by atoms with Gasteiger partial charge >= 0.3 is 5.97 Å².